The van der Waals surface area contributed by atoms with Gasteiger partial charge in [0.05, 0.1) is 0 Å². The highest BCUT2D eigenvalue weighted by atomic mass is 19.1. The molecule has 0 unspecified atom stereocenters. The molecule has 1 aromatic carbocycles. The van der Waals surface area contributed by atoms with E-state index in [2.05, 4.69) is 5.32 Å². The Balaban J connectivity index is 2.96. The minimum Gasteiger partial charge on any atom is -0.480 e. The molecular weight excluding hydrogens is 385 g/mol. The van der Waals surface area contributed by atoms with Crippen molar-refractivity contribution in [2.75, 3.05) is 0 Å². The van der Waals surface area contributed by atoms with Gasteiger partial charge in [-0.25, -0.2) is 18.8 Å². The Bertz CT molecular complexity index is 765. The smallest absolute Gasteiger partial charge is 0.480 e. The second kappa shape index (κ2) is 9.11. The number of hydrogen-bond donors (Lipinski definition) is 2. The van der Waals surface area contributed by atoms with E-state index in [1.807, 2.05) is 0 Å². The Labute approximate surface area is 169 Å². The van der Waals surface area contributed by atoms with Crippen molar-refractivity contribution in [2.45, 2.75) is 71.6 Å². The molecule has 8 nitrogen and oxygen atoms in total. The molecular formula is C20H28FNO7. The summed E-state index contributed by atoms with van der Waals surface area (Å²) in [4.78, 5) is 35.2. The van der Waals surface area contributed by atoms with Gasteiger partial charge in [-0.1, -0.05) is 13.0 Å². The van der Waals surface area contributed by atoms with E-state index in [1.165, 1.54) is 19.1 Å². The first kappa shape index (κ1) is 24.2. The summed E-state index contributed by atoms with van der Waals surface area (Å²) in [6.07, 6.45) is -1.92. The molecule has 0 saturated carbocycles. The molecule has 0 aliphatic carbocycles. The maximum absolute atomic E-state index is 14.6. The molecule has 0 bridgehead atoms. The van der Waals surface area contributed by atoms with Crippen LogP contribution in [0, 0.1) is 5.82 Å². The molecule has 0 fully saturated rings. The van der Waals surface area contributed by atoms with E-state index in [0.717, 1.165) is 6.07 Å². The molecule has 0 aliphatic heterocycles. The van der Waals surface area contributed by atoms with E-state index in [4.69, 9.17) is 14.2 Å². The Morgan fingerprint density at radius 3 is 2.03 bits per heavy atom. The van der Waals surface area contributed by atoms with Crippen molar-refractivity contribution in [2.24, 2.45) is 0 Å². The number of carbonyl (C=O) groups is 3. The van der Waals surface area contributed by atoms with Crippen molar-refractivity contribution in [1.82, 2.24) is 5.32 Å². The molecule has 29 heavy (non-hydrogen) atoms. The van der Waals surface area contributed by atoms with Crippen LogP contribution in [-0.2, 0) is 14.3 Å². The highest BCUT2D eigenvalue weighted by Gasteiger charge is 2.31. The molecule has 1 aromatic rings. The Morgan fingerprint density at radius 1 is 1.03 bits per heavy atom. The standard InChI is InChI=1S/C20H28FNO7/c1-11(15(16(23)24)22-17(25)28-19(2,3)4)13-9-8-12(10-14(13)21)27-18(26)29-20(5,6)7/h8-11,15H,1-7H3,(H,22,25)(H,23,24)/t11-,15-/m0/s1. The fourth-order valence-electron chi connectivity index (χ4n) is 2.32. The number of carboxylic acid groups (broad SMARTS) is 1. The predicted molar refractivity (Wildman–Crippen MR) is 102 cm³/mol. The maximum Gasteiger partial charge on any atom is 0.514 e. The van der Waals surface area contributed by atoms with Gasteiger partial charge in [0.2, 0.25) is 0 Å². The third-order valence-electron chi connectivity index (χ3n) is 3.49. The third kappa shape index (κ3) is 8.37. The molecule has 2 atom stereocenters. The highest BCUT2D eigenvalue weighted by molar-refractivity contribution is 5.81. The average molecular weight is 413 g/mol. The van der Waals surface area contributed by atoms with Crippen LogP contribution in [0.5, 0.6) is 5.75 Å². The molecule has 2 N–H and O–H groups in total. The van der Waals surface area contributed by atoms with Gasteiger partial charge in [-0.15, -0.1) is 0 Å². The summed E-state index contributed by atoms with van der Waals surface area (Å²) in [7, 11) is 0. The monoisotopic (exact) mass is 413 g/mol. The highest BCUT2D eigenvalue weighted by Crippen LogP contribution is 2.27. The zero-order valence-electron chi connectivity index (χ0n) is 17.7. The van der Waals surface area contributed by atoms with Gasteiger partial charge in [-0.2, -0.15) is 0 Å². The first-order valence-electron chi connectivity index (χ1n) is 9.01. The van der Waals surface area contributed by atoms with Crippen molar-refractivity contribution >= 4 is 18.2 Å². The fourth-order valence-corrected chi connectivity index (χ4v) is 2.32. The molecule has 162 valence electrons. The van der Waals surface area contributed by atoms with Crippen molar-refractivity contribution < 1.29 is 38.1 Å². The number of aliphatic carboxylic acids is 1. The van der Waals surface area contributed by atoms with Crippen molar-refractivity contribution in [1.29, 1.82) is 0 Å². The predicted octanol–water partition coefficient (Wildman–Crippen LogP) is 4.22. The van der Waals surface area contributed by atoms with Gasteiger partial charge in [0.25, 0.3) is 0 Å². The molecule has 9 heteroatoms. The number of ether oxygens (including phenoxy) is 3. The number of benzene rings is 1. The fraction of sp³-hybridized carbons (Fsp3) is 0.550. The van der Waals surface area contributed by atoms with Gasteiger partial charge < -0.3 is 24.6 Å². The number of amides is 1. The van der Waals surface area contributed by atoms with Crippen LogP contribution in [0.4, 0.5) is 14.0 Å². The van der Waals surface area contributed by atoms with Gasteiger partial charge in [-0.3, -0.25) is 0 Å². The number of carbonyl (C=O) groups excluding carboxylic acids is 2. The molecule has 0 aliphatic rings. The summed E-state index contributed by atoms with van der Waals surface area (Å²) in [5.41, 5.74) is -1.57. The second-order valence-electron chi connectivity index (χ2n) is 8.50. The number of nitrogens with one attached hydrogen (secondary N) is 1. The first-order valence-corrected chi connectivity index (χ1v) is 9.01. The van der Waals surface area contributed by atoms with Gasteiger partial charge >= 0.3 is 18.2 Å². The zero-order chi connectivity index (χ0) is 22.6. The quantitative estimate of drug-likeness (QED) is 0.549. The summed E-state index contributed by atoms with van der Waals surface area (Å²) in [6.45, 7) is 11.3. The Kier molecular flexibility index (Phi) is 7.60. The summed E-state index contributed by atoms with van der Waals surface area (Å²) >= 11 is 0. The second-order valence-corrected chi connectivity index (χ2v) is 8.50. The van der Waals surface area contributed by atoms with Crippen LogP contribution in [0.1, 0.15) is 59.9 Å². The largest absolute Gasteiger partial charge is 0.514 e. The number of carboxylic acids is 1. The number of halogens is 1. The lowest BCUT2D eigenvalue weighted by Crippen LogP contribution is -2.46. The molecule has 1 rings (SSSR count). The van der Waals surface area contributed by atoms with E-state index < -0.39 is 47.2 Å². The minimum atomic E-state index is -1.43. The topological polar surface area (TPSA) is 111 Å². The Morgan fingerprint density at radius 2 is 1.59 bits per heavy atom. The summed E-state index contributed by atoms with van der Waals surface area (Å²) in [5, 5.41) is 11.7. The van der Waals surface area contributed by atoms with E-state index in [-0.39, 0.29) is 11.3 Å². The van der Waals surface area contributed by atoms with Crippen LogP contribution in [0.25, 0.3) is 0 Å². The molecule has 1 amide bonds. The summed E-state index contributed by atoms with van der Waals surface area (Å²) in [5.74, 6) is -3.18. The lowest BCUT2D eigenvalue weighted by molar-refractivity contribution is -0.140. The number of rotatable bonds is 5. The lowest BCUT2D eigenvalue weighted by Gasteiger charge is -2.25. The lowest BCUT2D eigenvalue weighted by atomic mass is 9.92. The Hall–Kier alpha value is -2.84. The van der Waals surface area contributed by atoms with Crippen LogP contribution in [0.15, 0.2) is 18.2 Å². The van der Waals surface area contributed by atoms with Crippen LogP contribution in [0.3, 0.4) is 0 Å². The van der Waals surface area contributed by atoms with Crippen molar-refractivity contribution in [3.8, 4) is 5.75 Å². The van der Waals surface area contributed by atoms with Gasteiger partial charge in [0, 0.05) is 12.0 Å². The van der Waals surface area contributed by atoms with E-state index in [0.29, 0.717) is 0 Å². The van der Waals surface area contributed by atoms with Crippen LogP contribution >= 0.6 is 0 Å². The van der Waals surface area contributed by atoms with Crippen LogP contribution < -0.4 is 10.1 Å². The zero-order valence-corrected chi connectivity index (χ0v) is 17.7. The van der Waals surface area contributed by atoms with Crippen LogP contribution in [-0.4, -0.2) is 40.6 Å². The average Bonchev–Trinajstić information content (AvgIpc) is 2.48. The maximum atomic E-state index is 14.6. The number of hydrogen-bond acceptors (Lipinski definition) is 6. The van der Waals surface area contributed by atoms with Gasteiger partial charge in [0.15, 0.2) is 0 Å². The third-order valence-corrected chi connectivity index (χ3v) is 3.49. The first-order chi connectivity index (χ1) is 13.1. The summed E-state index contributed by atoms with van der Waals surface area (Å²) < 4.78 is 29.5. The van der Waals surface area contributed by atoms with E-state index in [9.17, 15) is 23.9 Å². The van der Waals surface area contributed by atoms with E-state index in [1.54, 1.807) is 41.5 Å². The van der Waals surface area contributed by atoms with Crippen molar-refractivity contribution in [3.63, 3.8) is 0 Å². The van der Waals surface area contributed by atoms with Crippen LogP contribution in [0.2, 0.25) is 0 Å². The summed E-state index contributed by atoms with van der Waals surface area (Å²) in [6, 6.07) is 2.11. The molecule has 0 saturated heterocycles. The van der Waals surface area contributed by atoms with Crippen molar-refractivity contribution in [3.05, 3.63) is 29.6 Å². The molecule has 0 aromatic heterocycles. The van der Waals surface area contributed by atoms with Gasteiger partial charge in [-0.05, 0) is 53.2 Å². The van der Waals surface area contributed by atoms with Gasteiger partial charge in [0.1, 0.15) is 28.8 Å². The van der Waals surface area contributed by atoms with E-state index >= 15 is 0 Å². The molecule has 0 spiro atoms. The molecule has 0 radical (unpaired) electrons. The molecule has 0 heterocycles. The minimum absolute atomic E-state index is 0.0185. The number of alkyl carbamates (subject to hydrolysis) is 1. The normalized spacial score (nSPS) is 13.8. The SMILES string of the molecule is C[C@@H](c1ccc(OC(=O)OC(C)(C)C)cc1F)[C@H](NC(=O)OC(C)(C)C)C(=O)O.